The van der Waals surface area contributed by atoms with E-state index in [9.17, 15) is 9.59 Å². The summed E-state index contributed by atoms with van der Waals surface area (Å²) in [7, 11) is 0. The van der Waals surface area contributed by atoms with E-state index >= 15 is 0 Å². The Labute approximate surface area is 171 Å². The molecule has 28 heavy (non-hydrogen) atoms. The van der Waals surface area contributed by atoms with Gasteiger partial charge in [0.25, 0.3) is 0 Å². The molecule has 0 aromatic rings. The van der Waals surface area contributed by atoms with Gasteiger partial charge >= 0.3 is 5.97 Å². The van der Waals surface area contributed by atoms with Crippen LogP contribution >= 0.6 is 0 Å². The number of esters is 1. The Bertz CT molecular complexity index is 502. The van der Waals surface area contributed by atoms with E-state index in [1.54, 1.807) is 0 Å². The van der Waals surface area contributed by atoms with E-state index in [4.69, 9.17) is 4.74 Å². The molecular formula is C22H41N3O3. The average Bonchev–Trinajstić information content (AvgIpc) is 2.62. The van der Waals surface area contributed by atoms with Gasteiger partial charge in [-0.15, -0.1) is 0 Å². The van der Waals surface area contributed by atoms with Crippen LogP contribution in [0.1, 0.15) is 79.1 Å². The molecule has 0 radical (unpaired) electrons. The zero-order valence-electron chi connectivity index (χ0n) is 18.4. The first kappa shape index (κ1) is 23.1. The fraction of sp³-hybridized carbons (Fsp3) is 0.909. The van der Waals surface area contributed by atoms with Crippen LogP contribution in [0.15, 0.2) is 0 Å². The van der Waals surface area contributed by atoms with Gasteiger partial charge < -0.3 is 20.3 Å². The van der Waals surface area contributed by atoms with Crippen molar-refractivity contribution >= 4 is 11.9 Å². The number of carbonyl (C=O) groups is 2. The molecular weight excluding hydrogens is 354 g/mol. The highest BCUT2D eigenvalue weighted by Crippen LogP contribution is 2.32. The van der Waals surface area contributed by atoms with Crippen molar-refractivity contribution in [3.05, 3.63) is 0 Å². The molecule has 2 aliphatic rings. The van der Waals surface area contributed by atoms with Crippen molar-refractivity contribution < 1.29 is 14.3 Å². The molecule has 0 bridgehead atoms. The van der Waals surface area contributed by atoms with E-state index in [0.29, 0.717) is 6.54 Å². The highest BCUT2D eigenvalue weighted by molar-refractivity contribution is 5.88. The molecule has 1 amide bonds. The molecule has 0 aromatic heterocycles. The van der Waals surface area contributed by atoms with E-state index in [2.05, 4.69) is 22.5 Å². The third-order valence-electron chi connectivity index (χ3n) is 5.86. The van der Waals surface area contributed by atoms with Crippen molar-refractivity contribution in [2.24, 2.45) is 5.41 Å². The Balaban J connectivity index is 1.88. The highest BCUT2D eigenvalue weighted by Gasteiger charge is 2.43. The van der Waals surface area contributed by atoms with Gasteiger partial charge in [-0.05, 0) is 66.0 Å². The highest BCUT2D eigenvalue weighted by atomic mass is 16.6. The molecule has 0 spiro atoms. The van der Waals surface area contributed by atoms with Crippen molar-refractivity contribution in [1.29, 1.82) is 0 Å². The Morgan fingerprint density at radius 3 is 2.50 bits per heavy atom. The molecule has 1 unspecified atom stereocenters. The van der Waals surface area contributed by atoms with Crippen LogP contribution in [0, 0.1) is 5.41 Å². The topological polar surface area (TPSA) is 70.7 Å². The van der Waals surface area contributed by atoms with Crippen molar-refractivity contribution in [3.63, 3.8) is 0 Å². The summed E-state index contributed by atoms with van der Waals surface area (Å²) < 4.78 is 5.51. The second-order valence-corrected chi connectivity index (χ2v) is 9.62. The van der Waals surface area contributed by atoms with Gasteiger partial charge in [0, 0.05) is 25.7 Å². The molecule has 0 aliphatic carbocycles. The first-order valence-electron chi connectivity index (χ1n) is 11.2. The van der Waals surface area contributed by atoms with Crippen LogP contribution in [0.4, 0.5) is 0 Å². The Hall–Kier alpha value is -1.14. The third kappa shape index (κ3) is 7.36. The van der Waals surface area contributed by atoms with Gasteiger partial charge in [-0.25, -0.2) is 0 Å². The zero-order valence-corrected chi connectivity index (χ0v) is 18.4. The second kappa shape index (κ2) is 10.6. The van der Waals surface area contributed by atoms with E-state index in [1.807, 2.05) is 20.8 Å². The monoisotopic (exact) mass is 395 g/mol. The lowest BCUT2D eigenvalue weighted by Gasteiger charge is -2.39. The zero-order chi connectivity index (χ0) is 20.6. The summed E-state index contributed by atoms with van der Waals surface area (Å²) >= 11 is 0. The quantitative estimate of drug-likeness (QED) is 0.488. The summed E-state index contributed by atoms with van der Waals surface area (Å²) in [5, 5.41) is 6.59. The van der Waals surface area contributed by atoms with Crippen LogP contribution < -0.4 is 10.6 Å². The average molecular weight is 396 g/mol. The minimum Gasteiger partial charge on any atom is -0.460 e. The van der Waals surface area contributed by atoms with Crippen molar-refractivity contribution in [3.8, 4) is 0 Å². The summed E-state index contributed by atoms with van der Waals surface area (Å²) in [5.74, 6) is -0.257. The number of hydrogen-bond donors (Lipinski definition) is 2. The van der Waals surface area contributed by atoms with E-state index in [-0.39, 0.29) is 24.3 Å². The fourth-order valence-corrected chi connectivity index (χ4v) is 4.27. The van der Waals surface area contributed by atoms with Crippen molar-refractivity contribution in [2.45, 2.75) is 90.7 Å². The van der Waals surface area contributed by atoms with Crippen LogP contribution in [-0.4, -0.2) is 61.1 Å². The molecule has 0 aromatic carbocycles. The fourth-order valence-electron chi connectivity index (χ4n) is 4.27. The smallest absolute Gasteiger partial charge is 0.307 e. The van der Waals surface area contributed by atoms with Gasteiger partial charge in [0.2, 0.25) is 5.91 Å². The van der Waals surface area contributed by atoms with Crippen LogP contribution in [0.5, 0.6) is 0 Å². The standard InChI is InChI=1S/C22H41N3O3/c1-5-6-7-13-25-14-9-18(10-15-25)24-20(27)22(11-8-12-23-17-22)16-19(26)28-21(2,3)4/h18,23H,5-17H2,1-4H3,(H,24,27). The molecule has 2 rings (SSSR count). The maximum atomic E-state index is 13.2. The number of nitrogens with zero attached hydrogens (tertiary/aromatic N) is 1. The van der Waals surface area contributed by atoms with Crippen LogP contribution in [0.2, 0.25) is 0 Å². The van der Waals surface area contributed by atoms with E-state index < -0.39 is 11.0 Å². The van der Waals surface area contributed by atoms with E-state index in [1.165, 1.54) is 25.8 Å². The lowest BCUT2D eigenvalue weighted by Crippen LogP contribution is -2.55. The lowest BCUT2D eigenvalue weighted by molar-refractivity contribution is -0.161. The second-order valence-electron chi connectivity index (χ2n) is 9.62. The number of piperidine rings is 2. The van der Waals surface area contributed by atoms with Gasteiger partial charge in [-0.1, -0.05) is 19.8 Å². The van der Waals surface area contributed by atoms with Crippen molar-refractivity contribution in [2.75, 3.05) is 32.7 Å². The molecule has 2 heterocycles. The maximum Gasteiger partial charge on any atom is 0.307 e. The van der Waals surface area contributed by atoms with Gasteiger partial charge in [-0.3, -0.25) is 9.59 Å². The number of hydrogen-bond acceptors (Lipinski definition) is 5. The predicted octanol–water partition coefficient (Wildman–Crippen LogP) is 2.86. The number of likely N-dealkylation sites (tertiary alicyclic amines) is 1. The van der Waals surface area contributed by atoms with Gasteiger partial charge in [-0.2, -0.15) is 0 Å². The molecule has 1 atom stereocenters. The normalized spacial score (nSPS) is 24.7. The number of ether oxygens (including phenoxy) is 1. The number of carbonyl (C=O) groups excluding carboxylic acids is 2. The van der Waals surface area contributed by atoms with Gasteiger partial charge in [0.1, 0.15) is 5.60 Å². The lowest BCUT2D eigenvalue weighted by atomic mass is 9.76. The summed E-state index contributed by atoms with van der Waals surface area (Å²) in [6, 6.07) is 0.215. The number of unbranched alkanes of at least 4 members (excludes halogenated alkanes) is 2. The number of nitrogens with one attached hydrogen (secondary N) is 2. The maximum absolute atomic E-state index is 13.2. The first-order chi connectivity index (χ1) is 13.2. The third-order valence-corrected chi connectivity index (χ3v) is 5.86. The molecule has 6 nitrogen and oxygen atoms in total. The first-order valence-corrected chi connectivity index (χ1v) is 11.2. The minimum absolute atomic E-state index is 0.0231. The summed E-state index contributed by atoms with van der Waals surface area (Å²) in [4.78, 5) is 28.2. The molecule has 0 saturated carbocycles. The van der Waals surface area contributed by atoms with Crippen LogP contribution in [0.3, 0.4) is 0 Å². The Kier molecular flexibility index (Phi) is 8.75. The van der Waals surface area contributed by atoms with Crippen LogP contribution in [0.25, 0.3) is 0 Å². The Morgan fingerprint density at radius 2 is 1.93 bits per heavy atom. The summed E-state index contributed by atoms with van der Waals surface area (Å²) in [5.41, 5.74) is -1.21. The van der Waals surface area contributed by atoms with E-state index in [0.717, 1.165) is 45.3 Å². The Morgan fingerprint density at radius 1 is 1.21 bits per heavy atom. The molecule has 2 aliphatic heterocycles. The van der Waals surface area contributed by atoms with Gasteiger partial charge in [0.15, 0.2) is 0 Å². The molecule has 2 fully saturated rings. The van der Waals surface area contributed by atoms with Crippen LogP contribution in [-0.2, 0) is 14.3 Å². The van der Waals surface area contributed by atoms with Gasteiger partial charge in [0.05, 0.1) is 11.8 Å². The number of rotatable bonds is 8. The molecule has 162 valence electrons. The summed E-state index contributed by atoms with van der Waals surface area (Å²) in [6.07, 6.45) is 7.59. The molecule has 2 saturated heterocycles. The van der Waals surface area contributed by atoms with Crippen molar-refractivity contribution in [1.82, 2.24) is 15.5 Å². The minimum atomic E-state index is -0.682. The SMILES string of the molecule is CCCCCN1CCC(NC(=O)C2(CC(=O)OC(C)(C)C)CCCNC2)CC1. The largest absolute Gasteiger partial charge is 0.460 e. The molecule has 6 heteroatoms. The number of amides is 1. The molecule has 2 N–H and O–H groups in total. The predicted molar refractivity (Wildman–Crippen MR) is 112 cm³/mol. The summed E-state index contributed by atoms with van der Waals surface area (Å²) in [6.45, 7) is 12.5.